The molecule has 0 radical (unpaired) electrons. The maximum atomic E-state index is 12.0. The van der Waals surface area contributed by atoms with E-state index in [1.54, 1.807) is 43.3 Å². The van der Waals surface area contributed by atoms with E-state index in [-0.39, 0.29) is 15.7 Å². The molecule has 0 saturated heterocycles. The number of benzene rings is 2. The van der Waals surface area contributed by atoms with Crippen molar-refractivity contribution in [3.05, 3.63) is 57.0 Å². The Hall–Kier alpha value is -1.75. The monoisotopic (exact) mass is 356 g/mol. The lowest BCUT2D eigenvalue weighted by Crippen LogP contribution is -2.29. The van der Waals surface area contributed by atoms with Crippen LogP contribution in [0.4, 0.5) is 11.4 Å². The van der Waals surface area contributed by atoms with Gasteiger partial charge in [-0.25, -0.2) is 0 Å². The molecule has 0 bridgehead atoms. The maximum Gasteiger partial charge on any atom is 0.314 e. The van der Waals surface area contributed by atoms with Crippen molar-refractivity contribution >= 4 is 58.0 Å². The van der Waals surface area contributed by atoms with E-state index in [0.29, 0.717) is 10.7 Å². The first-order valence-electron chi connectivity index (χ1n) is 6.21. The standard InChI is InChI=1S/C15H11Cl3N2O2/c1-8-5-6-9(16)7-12(8)19-14(21)15(22)20-13-10(17)3-2-4-11(13)18/h2-7H,1H3,(H,19,21)(H,20,22). The Labute approximate surface area is 142 Å². The number of rotatable bonds is 2. The van der Waals surface area contributed by atoms with Crippen molar-refractivity contribution in [2.75, 3.05) is 10.6 Å². The average molecular weight is 358 g/mol. The Morgan fingerprint density at radius 1 is 0.909 bits per heavy atom. The van der Waals surface area contributed by atoms with Crippen LogP contribution in [0, 0.1) is 6.92 Å². The Morgan fingerprint density at radius 3 is 2.14 bits per heavy atom. The van der Waals surface area contributed by atoms with E-state index in [4.69, 9.17) is 34.8 Å². The predicted octanol–water partition coefficient (Wildman–Crippen LogP) is 4.53. The molecular weight excluding hydrogens is 347 g/mol. The highest BCUT2D eigenvalue weighted by atomic mass is 35.5. The number of amides is 2. The largest absolute Gasteiger partial charge is 0.317 e. The number of aryl methyl sites for hydroxylation is 1. The molecule has 2 rings (SSSR count). The van der Waals surface area contributed by atoms with Crippen molar-refractivity contribution in [1.29, 1.82) is 0 Å². The molecule has 0 fully saturated rings. The van der Waals surface area contributed by atoms with Gasteiger partial charge in [0.15, 0.2) is 0 Å². The third-order valence-electron chi connectivity index (χ3n) is 2.86. The Bertz CT molecular complexity index is 727. The van der Waals surface area contributed by atoms with Crippen molar-refractivity contribution in [2.45, 2.75) is 6.92 Å². The molecule has 2 aromatic carbocycles. The molecule has 0 aromatic heterocycles. The minimum absolute atomic E-state index is 0.189. The Kier molecular flexibility index (Phi) is 5.29. The number of hydrogen-bond acceptors (Lipinski definition) is 2. The molecule has 7 heteroatoms. The number of para-hydroxylation sites is 1. The second-order valence-corrected chi connectivity index (χ2v) is 5.71. The summed E-state index contributed by atoms with van der Waals surface area (Å²) in [4.78, 5) is 23.9. The summed E-state index contributed by atoms with van der Waals surface area (Å²) < 4.78 is 0. The molecule has 114 valence electrons. The van der Waals surface area contributed by atoms with Gasteiger partial charge in [0, 0.05) is 10.7 Å². The summed E-state index contributed by atoms with van der Waals surface area (Å²) in [6, 6.07) is 9.74. The van der Waals surface area contributed by atoms with Crippen LogP contribution in [-0.4, -0.2) is 11.8 Å². The maximum absolute atomic E-state index is 12.0. The van der Waals surface area contributed by atoms with Gasteiger partial charge in [-0.1, -0.05) is 46.9 Å². The molecule has 2 aromatic rings. The SMILES string of the molecule is Cc1ccc(Cl)cc1NC(=O)C(=O)Nc1c(Cl)cccc1Cl. The molecule has 0 atom stereocenters. The summed E-state index contributed by atoms with van der Waals surface area (Å²) in [5.41, 5.74) is 1.42. The third-order valence-corrected chi connectivity index (χ3v) is 3.72. The zero-order valence-corrected chi connectivity index (χ0v) is 13.7. The van der Waals surface area contributed by atoms with E-state index in [1.165, 1.54) is 0 Å². The van der Waals surface area contributed by atoms with Crippen molar-refractivity contribution in [3.63, 3.8) is 0 Å². The highest BCUT2D eigenvalue weighted by Gasteiger charge is 2.17. The number of nitrogens with one attached hydrogen (secondary N) is 2. The number of hydrogen-bond donors (Lipinski definition) is 2. The van der Waals surface area contributed by atoms with Crippen LogP contribution in [0.3, 0.4) is 0 Å². The van der Waals surface area contributed by atoms with Gasteiger partial charge >= 0.3 is 11.8 Å². The van der Waals surface area contributed by atoms with E-state index in [1.807, 2.05) is 0 Å². The van der Waals surface area contributed by atoms with Gasteiger partial charge in [0.25, 0.3) is 0 Å². The topological polar surface area (TPSA) is 58.2 Å². The zero-order valence-electron chi connectivity index (χ0n) is 11.4. The van der Waals surface area contributed by atoms with Crippen LogP contribution >= 0.6 is 34.8 Å². The second-order valence-electron chi connectivity index (χ2n) is 4.46. The van der Waals surface area contributed by atoms with Gasteiger partial charge in [-0.3, -0.25) is 9.59 Å². The molecular formula is C15H11Cl3N2O2. The predicted molar refractivity (Wildman–Crippen MR) is 89.9 cm³/mol. The summed E-state index contributed by atoms with van der Waals surface area (Å²) in [7, 11) is 0. The molecule has 22 heavy (non-hydrogen) atoms. The van der Waals surface area contributed by atoms with Crippen LogP contribution < -0.4 is 10.6 Å². The van der Waals surface area contributed by atoms with Crippen LogP contribution in [0.15, 0.2) is 36.4 Å². The quantitative estimate of drug-likeness (QED) is 0.776. The van der Waals surface area contributed by atoms with Gasteiger partial charge < -0.3 is 10.6 Å². The Morgan fingerprint density at radius 2 is 1.50 bits per heavy atom. The summed E-state index contributed by atoms with van der Waals surface area (Å²) >= 11 is 17.7. The van der Waals surface area contributed by atoms with Gasteiger partial charge in [-0.15, -0.1) is 0 Å². The molecule has 0 aliphatic carbocycles. The van der Waals surface area contributed by atoms with Crippen LogP contribution in [-0.2, 0) is 9.59 Å². The normalized spacial score (nSPS) is 10.2. The second kappa shape index (κ2) is 7.01. The molecule has 0 unspecified atom stereocenters. The fourth-order valence-electron chi connectivity index (χ4n) is 1.70. The van der Waals surface area contributed by atoms with Crippen molar-refractivity contribution < 1.29 is 9.59 Å². The van der Waals surface area contributed by atoms with Crippen molar-refractivity contribution in [3.8, 4) is 0 Å². The van der Waals surface area contributed by atoms with Crippen LogP contribution in [0.5, 0.6) is 0 Å². The van der Waals surface area contributed by atoms with Gasteiger partial charge in [-0.05, 0) is 36.8 Å². The molecule has 0 spiro atoms. The molecule has 2 amide bonds. The first kappa shape index (κ1) is 16.6. The van der Waals surface area contributed by atoms with E-state index < -0.39 is 11.8 Å². The highest BCUT2D eigenvalue weighted by Crippen LogP contribution is 2.29. The number of carbonyl (C=O) groups excluding carboxylic acids is 2. The van der Waals surface area contributed by atoms with E-state index >= 15 is 0 Å². The lowest BCUT2D eigenvalue weighted by molar-refractivity contribution is -0.133. The molecule has 2 N–H and O–H groups in total. The minimum Gasteiger partial charge on any atom is -0.317 e. The fraction of sp³-hybridized carbons (Fsp3) is 0.0667. The minimum atomic E-state index is -0.880. The molecule has 0 aliphatic rings. The van der Waals surface area contributed by atoms with Gasteiger partial charge in [-0.2, -0.15) is 0 Å². The summed E-state index contributed by atoms with van der Waals surface area (Å²) in [6.07, 6.45) is 0. The third kappa shape index (κ3) is 3.91. The summed E-state index contributed by atoms with van der Waals surface area (Å²) in [6.45, 7) is 1.79. The van der Waals surface area contributed by atoms with Crippen LogP contribution in [0.1, 0.15) is 5.56 Å². The molecule has 0 aliphatic heterocycles. The number of carbonyl (C=O) groups is 2. The van der Waals surface area contributed by atoms with Crippen molar-refractivity contribution in [1.82, 2.24) is 0 Å². The van der Waals surface area contributed by atoms with Crippen LogP contribution in [0.2, 0.25) is 15.1 Å². The number of anilines is 2. The van der Waals surface area contributed by atoms with Gasteiger partial charge in [0.05, 0.1) is 15.7 Å². The first-order chi connectivity index (χ1) is 10.4. The van der Waals surface area contributed by atoms with Gasteiger partial charge in [0.2, 0.25) is 0 Å². The highest BCUT2D eigenvalue weighted by molar-refractivity contribution is 6.46. The fourth-order valence-corrected chi connectivity index (χ4v) is 2.36. The first-order valence-corrected chi connectivity index (χ1v) is 7.34. The average Bonchev–Trinajstić information content (AvgIpc) is 2.46. The van der Waals surface area contributed by atoms with E-state index in [9.17, 15) is 9.59 Å². The molecule has 4 nitrogen and oxygen atoms in total. The smallest absolute Gasteiger partial charge is 0.314 e. The van der Waals surface area contributed by atoms with Gasteiger partial charge in [0.1, 0.15) is 0 Å². The number of halogens is 3. The van der Waals surface area contributed by atoms with E-state index in [2.05, 4.69) is 10.6 Å². The lowest BCUT2D eigenvalue weighted by atomic mass is 10.2. The van der Waals surface area contributed by atoms with Crippen molar-refractivity contribution in [2.24, 2.45) is 0 Å². The summed E-state index contributed by atoms with van der Waals surface area (Å²) in [5, 5.41) is 5.81. The zero-order chi connectivity index (χ0) is 16.3. The molecule has 0 heterocycles. The molecule has 0 saturated carbocycles. The Balaban J connectivity index is 2.13. The van der Waals surface area contributed by atoms with E-state index in [0.717, 1.165) is 5.56 Å². The summed E-state index contributed by atoms with van der Waals surface area (Å²) in [5.74, 6) is -1.73. The lowest BCUT2D eigenvalue weighted by Gasteiger charge is -2.11. The van der Waals surface area contributed by atoms with Crippen LogP contribution in [0.25, 0.3) is 0 Å².